The molecular formula is C17H8Cl3N3O3. The van der Waals surface area contributed by atoms with Gasteiger partial charge in [-0.1, -0.05) is 46.9 Å². The largest absolute Gasteiger partial charge is 0.275 e. The summed E-state index contributed by atoms with van der Waals surface area (Å²) in [5.74, 6) is -1.03. The summed E-state index contributed by atoms with van der Waals surface area (Å²) in [6.45, 7) is 0. The Balaban J connectivity index is 1.84. The van der Waals surface area contributed by atoms with Gasteiger partial charge in [0.05, 0.1) is 21.2 Å². The maximum Gasteiger partial charge on any atom is 0.273 e. The lowest BCUT2D eigenvalue weighted by Gasteiger charge is -2.12. The smallest absolute Gasteiger partial charge is 0.273 e. The molecule has 2 amide bonds. The number of nitrogens with zero attached hydrogens (tertiary/aromatic N) is 2. The molecule has 1 aliphatic rings. The number of fused-ring (bicyclic) bond motifs is 1. The topological polar surface area (TPSA) is 75.2 Å². The third-order valence-electron chi connectivity index (χ3n) is 3.95. The van der Waals surface area contributed by atoms with Crippen molar-refractivity contribution in [2.75, 3.05) is 4.90 Å². The van der Waals surface area contributed by atoms with Gasteiger partial charge in [-0.25, -0.2) is 9.58 Å². The summed E-state index contributed by atoms with van der Waals surface area (Å²) in [6, 6.07) is 10.4. The number of rotatable bonds is 2. The molecule has 1 aliphatic heterocycles. The van der Waals surface area contributed by atoms with E-state index >= 15 is 0 Å². The minimum Gasteiger partial charge on any atom is -0.275 e. The molecule has 2 aromatic carbocycles. The predicted molar refractivity (Wildman–Crippen MR) is 99.0 cm³/mol. The van der Waals surface area contributed by atoms with E-state index in [-0.39, 0.29) is 32.7 Å². The van der Waals surface area contributed by atoms with Crippen LogP contribution < -0.4 is 10.5 Å². The highest BCUT2D eigenvalue weighted by atomic mass is 35.5. The van der Waals surface area contributed by atoms with Gasteiger partial charge in [0, 0.05) is 11.1 Å². The number of amides is 2. The van der Waals surface area contributed by atoms with Crippen LogP contribution in [-0.2, 0) is 0 Å². The van der Waals surface area contributed by atoms with Crippen molar-refractivity contribution in [1.29, 1.82) is 0 Å². The number of carbonyl (C=O) groups excluding carboxylic acids is 2. The standard InChI is InChI=1S/C17H8Cl3N3O3/c18-8-5-11(19)15(12(20)6-8)23-14(24)7-13(21-23)22-16(25)9-3-1-2-4-10(9)17(22)26/h1-7,21H. The van der Waals surface area contributed by atoms with Crippen molar-refractivity contribution in [3.05, 3.63) is 79.0 Å². The molecule has 0 bridgehead atoms. The van der Waals surface area contributed by atoms with E-state index in [9.17, 15) is 14.4 Å². The first-order valence-corrected chi connectivity index (χ1v) is 8.46. The van der Waals surface area contributed by atoms with Gasteiger partial charge in [0.15, 0.2) is 0 Å². The minimum absolute atomic E-state index is 0.0169. The zero-order chi connectivity index (χ0) is 18.6. The first kappa shape index (κ1) is 16.9. The predicted octanol–water partition coefficient (Wildman–Crippen LogP) is 3.93. The molecule has 0 atom stereocenters. The fourth-order valence-electron chi connectivity index (χ4n) is 2.82. The second-order valence-corrected chi connectivity index (χ2v) is 6.78. The number of aromatic nitrogens is 2. The van der Waals surface area contributed by atoms with Crippen LogP contribution >= 0.6 is 34.8 Å². The van der Waals surface area contributed by atoms with Crippen LogP contribution in [0.25, 0.3) is 5.69 Å². The molecule has 6 nitrogen and oxygen atoms in total. The molecule has 1 aromatic heterocycles. The van der Waals surface area contributed by atoms with Crippen molar-refractivity contribution in [3.63, 3.8) is 0 Å². The van der Waals surface area contributed by atoms with Gasteiger partial charge in [-0.3, -0.25) is 19.5 Å². The van der Waals surface area contributed by atoms with E-state index in [4.69, 9.17) is 34.8 Å². The van der Waals surface area contributed by atoms with Gasteiger partial charge < -0.3 is 0 Å². The van der Waals surface area contributed by atoms with Crippen LogP contribution in [-0.4, -0.2) is 21.6 Å². The van der Waals surface area contributed by atoms with Crippen molar-refractivity contribution in [1.82, 2.24) is 9.78 Å². The van der Waals surface area contributed by atoms with E-state index in [1.165, 1.54) is 12.1 Å². The number of imide groups is 1. The maximum atomic E-state index is 12.5. The lowest BCUT2D eigenvalue weighted by molar-refractivity contribution is 0.0925. The van der Waals surface area contributed by atoms with Crippen LogP contribution in [0.1, 0.15) is 20.7 Å². The second-order valence-electron chi connectivity index (χ2n) is 5.52. The molecule has 0 unspecified atom stereocenters. The Kier molecular flexibility index (Phi) is 3.91. The summed E-state index contributed by atoms with van der Waals surface area (Å²) in [7, 11) is 0. The van der Waals surface area contributed by atoms with E-state index < -0.39 is 17.4 Å². The Morgan fingerprint density at radius 3 is 1.88 bits per heavy atom. The van der Waals surface area contributed by atoms with E-state index in [1.807, 2.05) is 0 Å². The third kappa shape index (κ3) is 2.46. The summed E-state index contributed by atoms with van der Waals surface area (Å²) >= 11 is 18.2. The van der Waals surface area contributed by atoms with E-state index in [1.54, 1.807) is 24.3 Å². The van der Waals surface area contributed by atoms with Gasteiger partial charge in [-0.05, 0) is 24.3 Å². The Bertz CT molecular complexity index is 1090. The van der Waals surface area contributed by atoms with E-state index in [0.29, 0.717) is 5.02 Å². The van der Waals surface area contributed by atoms with Crippen LogP contribution in [0.3, 0.4) is 0 Å². The summed E-state index contributed by atoms with van der Waals surface area (Å²) in [5.41, 5.74) is 0.176. The van der Waals surface area contributed by atoms with Crippen molar-refractivity contribution in [3.8, 4) is 5.69 Å². The van der Waals surface area contributed by atoms with Gasteiger partial charge in [0.1, 0.15) is 11.5 Å². The molecule has 0 aliphatic carbocycles. The summed E-state index contributed by atoms with van der Waals surface area (Å²) in [4.78, 5) is 38.4. The van der Waals surface area contributed by atoms with Crippen LogP contribution in [0.4, 0.5) is 5.82 Å². The van der Waals surface area contributed by atoms with Gasteiger partial charge in [0.25, 0.3) is 17.4 Å². The molecular weight excluding hydrogens is 401 g/mol. The van der Waals surface area contributed by atoms with Gasteiger partial charge >= 0.3 is 0 Å². The average molecular weight is 409 g/mol. The average Bonchev–Trinajstić information content (AvgIpc) is 3.06. The SMILES string of the molecule is O=C1c2ccccc2C(=O)N1c1cc(=O)n(-c2c(Cl)cc(Cl)cc2Cl)[nH]1. The molecule has 0 fully saturated rings. The number of nitrogens with one attached hydrogen (secondary N) is 1. The lowest BCUT2D eigenvalue weighted by atomic mass is 10.1. The fraction of sp³-hybridized carbons (Fsp3) is 0. The molecule has 0 spiro atoms. The zero-order valence-corrected chi connectivity index (χ0v) is 15.1. The molecule has 1 N–H and O–H groups in total. The fourth-order valence-corrected chi connectivity index (χ4v) is 3.81. The molecule has 0 radical (unpaired) electrons. The number of hydrogen-bond donors (Lipinski definition) is 1. The number of hydrogen-bond acceptors (Lipinski definition) is 3. The van der Waals surface area contributed by atoms with Crippen molar-refractivity contribution < 1.29 is 9.59 Å². The summed E-state index contributed by atoms with van der Waals surface area (Å²) in [5, 5.41) is 3.30. The Hall–Kier alpha value is -2.54. The number of aromatic amines is 1. The van der Waals surface area contributed by atoms with Crippen LogP contribution in [0, 0.1) is 0 Å². The minimum atomic E-state index is -0.539. The molecule has 3 aromatic rings. The van der Waals surface area contributed by atoms with Crippen molar-refractivity contribution >= 4 is 52.4 Å². The van der Waals surface area contributed by atoms with Crippen LogP contribution in [0.15, 0.2) is 47.3 Å². The first-order chi connectivity index (χ1) is 12.4. The number of benzene rings is 2. The number of carbonyl (C=O) groups is 2. The number of anilines is 1. The highest BCUT2D eigenvalue weighted by Gasteiger charge is 2.37. The highest BCUT2D eigenvalue weighted by Crippen LogP contribution is 2.32. The second kappa shape index (κ2) is 6.02. The van der Waals surface area contributed by atoms with Crippen LogP contribution in [0.5, 0.6) is 0 Å². The Labute approximate surface area is 161 Å². The zero-order valence-electron chi connectivity index (χ0n) is 12.8. The Morgan fingerprint density at radius 1 is 0.808 bits per heavy atom. The summed E-state index contributed by atoms with van der Waals surface area (Å²) < 4.78 is 1.06. The summed E-state index contributed by atoms with van der Waals surface area (Å²) in [6.07, 6.45) is 0. The Morgan fingerprint density at radius 2 is 1.35 bits per heavy atom. The first-order valence-electron chi connectivity index (χ1n) is 7.33. The third-order valence-corrected chi connectivity index (χ3v) is 4.74. The molecule has 0 saturated carbocycles. The molecule has 26 heavy (non-hydrogen) atoms. The normalized spacial score (nSPS) is 13.4. The lowest BCUT2D eigenvalue weighted by Crippen LogP contribution is -2.29. The molecule has 9 heteroatoms. The van der Waals surface area contributed by atoms with Crippen LogP contribution in [0.2, 0.25) is 15.1 Å². The van der Waals surface area contributed by atoms with E-state index in [0.717, 1.165) is 15.6 Å². The molecule has 4 rings (SSSR count). The molecule has 0 saturated heterocycles. The van der Waals surface area contributed by atoms with Crippen molar-refractivity contribution in [2.24, 2.45) is 0 Å². The molecule has 130 valence electrons. The van der Waals surface area contributed by atoms with Gasteiger partial charge in [0.2, 0.25) is 0 Å². The quantitative estimate of drug-likeness (QED) is 0.653. The van der Waals surface area contributed by atoms with Gasteiger partial charge in [-0.15, -0.1) is 0 Å². The number of H-pyrrole nitrogens is 1. The highest BCUT2D eigenvalue weighted by molar-refractivity contribution is 6.40. The van der Waals surface area contributed by atoms with Crippen molar-refractivity contribution in [2.45, 2.75) is 0 Å². The maximum absolute atomic E-state index is 12.5. The monoisotopic (exact) mass is 407 g/mol. The molecule has 2 heterocycles. The number of halogens is 3. The van der Waals surface area contributed by atoms with E-state index in [2.05, 4.69) is 5.10 Å². The van der Waals surface area contributed by atoms with Gasteiger partial charge in [-0.2, -0.15) is 0 Å².